The Labute approximate surface area is 104 Å². The maximum atomic E-state index is 10.7. The number of fused-ring (bicyclic) bond motifs is 1. The largest absolute Gasteiger partial charge is 0.549 e. The summed E-state index contributed by atoms with van der Waals surface area (Å²) in [7, 11) is 0. The molecule has 4 heteroatoms. The minimum atomic E-state index is -1.07. The van der Waals surface area contributed by atoms with E-state index in [9.17, 15) is 9.90 Å². The van der Waals surface area contributed by atoms with Gasteiger partial charge >= 0.3 is 0 Å². The zero-order valence-electron chi connectivity index (χ0n) is 9.64. The van der Waals surface area contributed by atoms with E-state index in [0.717, 1.165) is 21.5 Å². The van der Waals surface area contributed by atoms with Gasteiger partial charge in [0, 0.05) is 10.6 Å². The van der Waals surface area contributed by atoms with Gasteiger partial charge in [-0.25, -0.2) is 4.98 Å². The van der Waals surface area contributed by atoms with Gasteiger partial charge in [0.05, 0.1) is 16.5 Å². The average Bonchev–Trinajstić information content (AvgIpc) is 2.29. The van der Waals surface area contributed by atoms with Gasteiger partial charge in [-0.1, -0.05) is 30.0 Å². The lowest BCUT2D eigenvalue weighted by atomic mass is 10.1. The van der Waals surface area contributed by atoms with Crippen LogP contribution in [0.4, 0.5) is 0 Å². The highest BCUT2D eigenvalue weighted by molar-refractivity contribution is 8.00. The lowest BCUT2D eigenvalue weighted by molar-refractivity contribution is -0.304. The van der Waals surface area contributed by atoms with Crippen molar-refractivity contribution in [1.82, 2.24) is 4.98 Å². The molecule has 3 nitrogen and oxygen atoms in total. The third-order valence-electron chi connectivity index (χ3n) is 2.53. The molecule has 2 aromatic rings. The van der Waals surface area contributed by atoms with Gasteiger partial charge in [0.2, 0.25) is 0 Å². The van der Waals surface area contributed by atoms with E-state index < -0.39 is 11.2 Å². The van der Waals surface area contributed by atoms with Gasteiger partial charge < -0.3 is 9.90 Å². The van der Waals surface area contributed by atoms with Crippen LogP contribution in [-0.4, -0.2) is 16.2 Å². The first-order chi connectivity index (χ1) is 8.08. The Kier molecular flexibility index (Phi) is 3.33. The van der Waals surface area contributed by atoms with Gasteiger partial charge in [0.1, 0.15) is 0 Å². The molecule has 1 atom stereocenters. The molecule has 88 valence electrons. The molecule has 1 heterocycles. The molecule has 0 saturated carbocycles. The van der Waals surface area contributed by atoms with Crippen molar-refractivity contribution < 1.29 is 9.90 Å². The average molecular weight is 246 g/mol. The summed E-state index contributed by atoms with van der Waals surface area (Å²) in [6.07, 6.45) is 0. The molecule has 17 heavy (non-hydrogen) atoms. The second-order valence-electron chi connectivity index (χ2n) is 3.87. The van der Waals surface area contributed by atoms with Gasteiger partial charge in [-0.15, -0.1) is 0 Å². The van der Waals surface area contributed by atoms with Crippen LogP contribution in [0.3, 0.4) is 0 Å². The van der Waals surface area contributed by atoms with E-state index >= 15 is 0 Å². The van der Waals surface area contributed by atoms with Crippen LogP contribution in [0.5, 0.6) is 0 Å². The van der Waals surface area contributed by atoms with Crippen molar-refractivity contribution >= 4 is 28.6 Å². The fraction of sp³-hybridized carbons (Fsp3) is 0.231. The van der Waals surface area contributed by atoms with E-state index in [0.29, 0.717) is 0 Å². The van der Waals surface area contributed by atoms with Gasteiger partial charge in [-0.05, 0) is 31.5 Å². The molecule has 0 N–H and O–H groups in total. The number of aryl methyl sites for hydroxylation is 1. The van der Waals surface area contributed by atoms with Crippen molar-refractivity contribution in [3.8, 4) is 0 Å². The van der Waals surface area contributed by atoms with E-state index in [4.69, 9.17) is 0 Å². The predicted octanol–water partition coefficient (Wildman–Crippen LogP) is 1.77. The second kappa shape index (κ2) is 4.75. The van der Waals surface area contributed by atoms with E-state index in [1.807, 2.05) is 37.3 Å². The summed E-state index contributed by atoms with van der Waals surface area (Å²) in [5.74, 6) is -1.07. The number of carboxylic acid groups (broad SMARTS) is 1. The Morgan fingerprint density at radius 3 is 2.82 bits per heavy atom. The molecular weight excluding hydrogens is 234 g/mol. The summed E-state index contributed by atoms with van der Waals surface area (Å²) in [6.45, 7) is 3.60. The topological polar surface area (TPSA) is 53.0 Å². The fourth-order valence-electron chi connectivity index (χ4n) is 1.61. The monoisotopic (exact) mass is 246 g/mol. The lowest BCUT2D eigenvalue weighted by Crippen LogP contribution is -2.31. The molecule has 1 aromatic heterocycles. The van der Waals surface area contributed by atoms with Gasteiger partial charge in [-0.2, -0.15) is 0 Å². The SMILES string of the molecule is Cc1cc(S[C@H](C)C(=O)[O-])nc2ccccc12. The summed E-state index contributed by atoms with van der Waals surface area (Å²) in [5, 5.41) is 11.9. The van der Waals surface area contributed by atoms with Crippen LogP contribution in [0.1, 0.15) is 12.5 Å². The predicted molar refractivity (Wildman–Crippen MR) is 66.8 cm³/mol. The molecule has 2 rings (SSSR count). The molecular formula is C13H12NO2S-. The van der Waals surface area contributed by atoms with Crippen molar-refractivity contribution in [2.24, 2.45) is 0 Å². The fourth-order valence-corrected chi connectivity index (χ4v) is 2.46. The molecule has 0 unspecified atom stereocenters. The molecule has 0 saturated heterocycles. The zero-order valence-corrected chi connectivity index (χ0v) is 10.5. The molecule has 0 radical (unpaired) electrons. The highest BCUT2D eigenvalue weighted by atomic mass is 32.2. The molecule has 0 spiro atoms. The number of thioether (sulfide) groups is 1. The van der Waals surface area contributed by atoms with E-state index in [2.05, 4.69) is 4.98 Å². The zero-order chi connectivity index (χ0) is 12.4. The number of pyridine rings is 1. The van der Waals surface area contributed by atoms with Crippen LogP contribution in [0, 0.1) is 6.92 Å². The van der Waals surface area contributed by atoms with Crippen LogP contribution < -0.4 is 5.11 Å². The third-order valence-corrected chi connectivity index (χ3v) is 3.53. The molecule has 0 bridgehead atoms. The van der Waals surface area contributed by atoms with Crippen LogP contribution in [0.15, 0.2) is 35.4 Å². The van der Waals surface area contributed by atoms with Crippen LogP contribution in [-0.2, 0) is 4.79 Å². The quantitative estimate of drug-likeness (QED) is 0.775. The maximum Gasteiger partial charge on any atom is 0.0976 e. The highest BCUT2D eigenvalue weighted by Gasteiger charge is 2.08. The summed E-state index contributed by atoms with van der Waals surface area (Å²) >= 11 is 1.21. The Morgan fingerprint density at radius 2 is 2.12 bits per heavy atom. The molecule has 0 aliphatic rings. The Morgan fingerprint density at radius 1 is 1.41 bits per heavy atom. The van der Waals surface area contributed by atoms with Gasteiger partial charge in [0.25, 0.3) is 0 Å². The number of benzene rings is 1. The van der Waals surface area contributed by atoms with Crippen molar-refractivity contribution in [1.29, 1.82) is 0 Å². The third kappa shape index (κ3) is 2.58. The van der Waals surface area contributed by atoms with Crippen LogP contribution in [0.25, 0.3) is 10.9 Å². The number of para-hydroxylation sites is 1. The Hall–Kier alpha value is -1.55. The molecule has 0 fully saturated rings. The second-order valence-corrected chi connectivity index (χ2v) is 5.23. The van der Waals surface area contributed by atoms with E-state index in [-0.39, 0.29) is 0 Å². The molecule has 1 aromatic carbocycles. The number of carbonyl (C=O) groups excluding carboxylic acids is 1. The number of nitrogens with zero attached hydrogens (tertiary/aromatic N) is 1. The van der Waals surface area contributed by atoms with Crippen LogP contribution in [0.2, 0.25) is 0 Å². The number of aliphatic carboxylic acids is 1. The first-order valence-corrected chi connectivity index (χ1v) is 6.20. The van der Waals surface area contributed by atoms with Gasteiger partial charge in [0.15, 0.2) is 0 Å². The van der Waals surface area contributed by atoms with Crippen molar-refractivity contribution in [3.63, 3.8) is 0 Å². The number of hydrogen-bond acceptors (Lipinski definition) is 4. The number of carboxylic acids is 1. The standard InChI is InChI=1S/C13H13NO2S/c1-8-7-12(17-9(2)13(15)16)14-11-6-4-3-5-10(8)11/h3-7,9H,1-2H3,(H,15,16)/p-1/t9-/m1/s1. The summed E-state index contributed by atoms with van der Waals surface area (Å²) in [6, 6.07) is 9.73. The summed E-state index contributed by atoms with van der Waals surface area (Å²) in [4.78, 5) is 15.1. The molecule has 0 aliphatic carbocycles. The minimum absolute atomic E-state index is 0.594. The maximum absolute atomic E-state index is 10.7. The van der Waals surface area contributed by atoms with Crippen LogP contribution >= 0.6 is 11.8 Å². The number of carbonyl (C=O) groups is 1. The summed E-state index contributed by atoms with van der Waals surface area (Å²) < 4.78 is 0. The minimum Gasteiger partial charge on any atom is -0.549 e. The van der Waals surface area contributed by atoms with Crippen molar-refractivity contribution in [2.45, 2.75) is 24.1 Å². The normalized spacial score (nSPS) is 12.6. The number of rotatable bonds is 3. The Bertz CT molecular complexity index is 568. The van der Waals surface area contributed by atoms with Gasteiger partial charge in [-0.3, -0.25) is 0 Å². The highest BCUT2D eigenvalue weighted by Crippen LogP contribution is 2.26. The first-order valence-electron chi connectivity index (χ1n) is 5.32. The summed E-state index contributed by atoms with van der Waals surface area (Å²) in [5.41, 5.74) is 1.99. The van der Waals surface area contributed by atoms with E-state index in [1.54, 1.807) is 6.92 Å². The molecule has 0 amide bonds. The Balaban J connectivity index is 2.40. The number of hydrogen-bond donors (Lipinski definition) is 0. The smallest absolute Gasteiger partial charge is 0.0976 e. The van der Waals surface area contributed by atoms with E-state index in [1.165, 1.54) is 11.8 Å². The molecule has 0 aliphatic heterocycles. The van der Waals surface area contributed by atoms with Crippen molar-refractivity contribution in [2.75, 3.05) is 0 Å². The number of aromatic nitrogens is 1. The van der Waals surface area contributed by atoms with Crippen molar-refractivity contribution in [3.05, 3.63) is 35.9 Å². The lowest BCUT2D eigenvalue weighted by Gasteiger charge is -2.12. The first kappa shape index (κ1) is 11.9.